The van der Waals surface area contributed by atoms with E-state index in [1.54, 1.807) is 50.5 Å². The van der Waals surface area contributed by atoms with Gasteiger partial charge in [0.1, 0.15) is 18.3 Å². The number of nitrogens with zero attached hydrogens (tertiary/aromatic N) is 1. The van der Waals surface area contributed by atoms with E-state index in [0.29, 0.717) is 29.5 Å². The largest absolute Gasteiger partial charge is 0.456 e. The average Bonchev–Trinajstić information content (AvgIpc) is 3.48. The van der Waals surface area contributed by atoms with Crippen LogP contribution in [0.3, 0.4) is 0 Å². The minimum Gasteiger partial charge on any atom is -0.456 e. The van der Waals surface area contributed by atoms with Crippen molar-refractivity contribution >= 4 is 23.9 Å². The highest BCUT2D eigenvalue weighted by atomic mass is 16.8. The highest BCUT2D eigenvalue weighted by molar-refractivity contribution is 5.97. The van der Waals surface area contributed by atoms with Gasteiger partial charge in [-0.3, -0.25) is 9.59 Å². The number of hydrogen-bond acceptors (Lipinski definition) is 7. The molecule has 3 unspecified atom stereocenters. The maximum Gasteiger partial charge on any atom is 0.339 e. The number of fused-ring (bicyclic) bond motifs is 2. The van der Waals surface area contributed by atoms with Crippen LogP contribution in [0.4, 0.5) is 0 Å². The summed E-state index contributed by atoms with van der Waals surface area (Å²) in [5, 5.41) is 11.8. The molecule has 1 spiro atoms. The van der Waals surface area contributed by atoms with Gasteiger partial charge in [-0.1, -0.05) is 42.5 Å². The Morgan fingerprint density at radius 3 is 2.46 bits per heavy atom. The van der Waals surface area contributed by atoms with Gasteiger partial charge in [0.05, 0.1) is 12.2 Å². The molecule has 1 aliphatic heterocycles. The number of esters is 1. The molecule has 2 N–H and O–H groups in total. The van der Waals surface area contributed by atoms with Gasteiger partial charge in [0.25, 0.3) is 0 Å². The van der Waals surface area contributed by atoms with E-state index in [1.807, 2.05) is 24.3 Å². The van der Waals surface area contributed by atoms with Crippen molar-refractivity contribution in [1.29, 1.82) is 0 Å². The quantitative estimate of drug-likeness (QED) is 0.414. The fourth-order valence-corrected chi connectivity index (χ4v) is 5.28. The van der Waals surface area contributed by atoms with Crippen LogP contribution in [-0.4, -0.2) is 79.1 Å². The van der Waals surface area contributed by atoms with E-state index >= 15 is 0 Å². The summed E-state index contributed by atoms with van der Waals surface area (Å²) in [6, 6.07) is 14.9. The fourth-order valence-electron chi connectivity index (χ4n) is 5.28. The van der Waals surface area contributed by atoms with Crippen molar-refractivity contribution in [2.75, 3.05) is 27.2 Å². The summed E-state index contributed by atoms with van der Waals surface area (Å²) in [7, 11) is 3.29. The standard InChI is InChI=1S/C30H32N2O7/c1-32(2)26(34)12-11-19-7-5-6-10-23(19)29(36)37-24-15-22(28(35)31-13-14-33)16-25-27(24)39-30(38-25)17-20-8-3-4-9-21(20)18-30/h3-12,16,24-25,27,33H,13-15,17-18H2,1-2H3,(H,31,35). The highest BCUT2D eigenvalue weighted by Gasteiger charge is 2.55. The molecule has 0 saturated carbocycles. The van der Waals surface area contributed by atoms with Crippen LogP contribution >= 0.6 is 0 Å². The molecule has 5 rings (SSSR count). The summed E-state index contributed by atoms with van der Waals surface area (Å²) < 4.78 is 19.0. The molecular weight excluding hydrogens is 500 g/mol. The summed E-state index contributed by atoms with van der Waals surface area (Å²) in [6.07, 6.45) is 3.99. The van der Waals surface area contributed by atoms with Crippen LogP contribution in [0.15, 0.2) is 66.3 Å². The number of benzene rings is 2. The van der Waals surface area contributed by atoms with Crippen molar-refractivity contribution in [1.82, 2.24) is 10.2 Å². The highest BCUT2D eigenvalue weighted by Crippen LogP contribution is 2.45. The number of hydrogen-bond donors (Lipinski definition) is 2. The topological polar surface area (TPSA) is 114 Å². The monoisotopic (exact) mass is 532 g/mol. The normalized spacial score (nSPS) is 22.7. The molecular formula is C30H32N2O7. The van der Waals surface area contributed by atoms with Crippen molar-refractivity contribution in [3.8, 4) is 0 Å². The third kappa shape index (κ3) is 5.66. The molecule has 3 aliphatic rings. The second-order valence-electron chi connectivity index (χ2n) is 10.2. The third-order valence-electron chi connectivity index (χ3n) is 7.19. The van der Waals surface area contributed by atoms with Gasteiger partial charge in [-0.25, -0.2) is 4.79 Å². The van der Waals surface area contributed by atoms with Gasteiger partial charge in [-0.2, -0.15) is 0 Å². The second-order valence-corrected chi connectivity index (χ2v) is 10.2. The SMILES string of the molecule is CN(C)C(=O)C=Cc1ccccc1C(=O)OC1CC(C(=O)NCCO)=CC2OC3(Cc4ccccc4C3)OC21. The second kappa shape index (κ2) is 11.1. The Kier molecular flexibility index (Phi) is 7.65. The maximum atomic E-state index is 13.4. The Balaban J connectivity index is 1.39. The molecule has 2 aliphatic carbocycles. The average molecular weight is 533 g/mol. The van der Waals surface area contributed by atoms with Crippen LogP contribution in [0.2, 0.25) is 0 Å². The lowest BCUT2D eigenvalue weighted by molar-refractivity contribution is -0.172. The molecule has 1 saturated heterocycles. The number of aliphatic hydroxyl groups is 1. The smallest absolute Gasteiger partial charge is 0.339 e. The molecule has 2 aromatic carbocycles. The lowest BCUT2D eigenvalue weighted by atomic mass is 9.91. The van der Waals surface area contributed by atoms with Gasteiger partial charge < -0.3 is 29.5 Å². The van der Waals surface area contributed by atoms with Crippen LogP contribution in [0.5, 0.6) is 0 Å². The zero-order chi connectivity index (χ0) is 27.6. The number of carbonyl (C=O) groups is 3. The minimum absolute atomic E-state index is 0.108. The Morgan fingerprint density at radius 2 is 1.77 bits per heavy atom. The number of amides is 2. The first-order chi connectivity index (χ1) is 18.8. The fraction of sp³-hybridized carbons (Fsp3) is 0.367. The molecule has 1 fully saturated rings. The van der Waals surface area contributed by atoms with Crippen LogP contribution in [0, 0.1) is 0 Å². The van der Waals surface area contributed by atoms with Gasteiger partial charge in [0.2, 0.25) is 11.8 Å². The van der Waals surface area contributed by atoms with Crippen LogP contribution in [0.1, 0.15) is 33.5 Å². The third-order valence-corrected chi connectivity index (χ3v) is 7.19. The molecule has 204 valence electrons. The van der Waals surface area contributed by atoms with Gasteiger partial charge in [-0.15, -0.1) is 0 Å². The van der Waals surface area contributed by atoms with E-state index in [0.717, 1.165) is 11.1 Å². The molecule has 2 aromatic rings. The van der Waals surface area contributed by atoms with E-state index in [1.165, 1.54) is 11.0 Å². The molecule has 0 aromatic heterocycles. The van der Waals surface area contributed by atoms with E-state index < -0.39 is 30.1 Å². The number of rotatable bonds is 7. The summed E-state index contributed by atoms with van der Waals surface area (Å²) in [5.74, 6) is -2.05. The first-order valence-electron chi connectivity index (χ1n) is 13.0. The van der Waals surface area contributed by atoms with Crippen molar-refractivity contribution in [3.05, 3.63) is 88.5 Å². The van der Waals surface area contributed by atoms with Crippen LogP contribution in [-0.2, 0) is 36.6 Å². The van der Waals surface area contributed by atoms with Gasteiger partial charge in [-0.05, 0) is 34.9 Å². The molecule has 39 heavy (non-hydrogen) atoms. The van der Waals surface area contributed by atoms with Gasteiger partial charge >= 0.3 is 5.97 Å². The first kappa shape index (κ1) is 26.8. The predicted molar refractivity (Wildman–Crippen MR) is 142 cm³/mol. The zero-order valence-corrected chi connectivity index (χ0v) is 22.0. The number of ether oxygens (including phenoxy) is 3. The molecule has 2 amide bonds. The van der Waals surface area contributed by atoms with Crippen LogP contribution in [0.25, 0.3) is 6.08 Å². The van der Waals surface area contributed by atoms with Crippen molar-refractivity contribution in [2.24, 2.45) is 0 Å². The summed E-state index contributed by atoms with van der Waals surface area (Å²) in [4.78, 5) is 39.7. The van der Waals surface area contributed by atoms with Crippen molar-refractivity contribution in [2.45, 2.75) is 43.4 Å². The van der Waals surface area contributed by atoms with Crippen LogP contribution < -0.4 is 5.32 Å². The van der Waals surface area contributed by atoms with E-state index in [-0.39, 0.29) is 31.4 Å². The Labute approximate surface area is 227 Å². The Bertz CT molecular complexity index is 1310. The lowest BCUT2D eigenvalue weighted by Crippen LogP contribution is -2.44. The summed E-state index contributed by atoms with van der Waals surface area (Å²) in [6.45, 7) is -0.0815. The summed E-state index contributed by atoms with van der Waals surface area (Å²) in [5.41, 5.74) is 3.51. The van der Waals surface area contributed by atoms with E-state index in [9.17, 15) is 14.4 Å². The van der Waals surface area contributed by atoms with Crippen molar-refractivity contribution < 1.29 is 33.7 Å². The van der Waals surface area contributed by atoms with Gasteiger partial charge in [0.15, 0.2) is 5.79 Å². The molecule has 0 radical (unpaired) electrons. The lowest BCUT2D eigenvalue weighted by Gasteiger charge is -2.30. The van der Waals surface area contributed by atoms with E-state index in [2.05, 4.69) is 5.32 Å². The molecule has 9 heteroatoms. The molecule has 1 heterocycles. The number of aliphatic hydroxyl groups excluding tert-OH is 1. The Morgan fingerprint density at radius 1 is 1.08 bits per heavy atom. The van der Waals surface area contributed by atoms with Gasteiger partial charge in [0, 0.05) is 51.6 Å². The zero-order valence-electron chi connectivity index (χ0n) is 22.0. The number of carbonyl (C=O) groups excluding carboxylic acids is 3. The molecule has 9 nitrogen and oxygen atoms in total. The molecule has 0 bridgehead atoms. The van der Waals surface area contributed by atoms with Crippen molar-refractivity contribution in [3.63, 3.8) is 0 Å². The minimum atomic E-state index is -0.898. The maximum absolute atomic E-state index is 13.4. The Hall–Kier alpha value is -3.79. The number of nitrogens with one attached hydrogen (secondary N) is 1. The van der Waals surface area contributed by atoms with E-state index in [4.69, 9.17) is 19.3 Å². The summed E-state index contributed by atoms with van der Waals surface area (Å²) >= 11 is 0. The number of likely N-dealkylation sites (N-methyl/N-ethyl adjacent to an activating group) is 1. The predicted octanol–water partition coefficient (Wildman–Crippen LogP) is 2.03. The first-order valence-corrected chi connectivity index (χ1v) is 13.0. The molecule has 3 atom stereocenters.